The largest absolute Gasteiger partial charge is 0.444 e. The minimum atomic E-state index is -3.77. The Hall–Kier alpha value is -1.60. The van der Waals surface area contributed by atoms with Crippen LogP contribution in [0.3, 0.4) is 0 Å². The number of hydrogen-bond acceptors (Lipinski definition) is 4. The Morgan fingerprint density at radius 3 is 2.48 bits per heavy atom. The van der Waals surface area contributed by atoms with E-state index >= 15 is 0 Å². The Bertz CT molecular complexity index is 606. The standard InChI is InChI=1S/C14H22N2O4S/c1-5-12(16-13(17)20-14(2,3)4)10-7-6-8-11(9-10)21(15,18)19/h6-9,12H,5H2,1-4H3,(H,16,17)(H2,15,18,19). The Morgan fingerprint density at radius 2 is 2.00 bits per heavy atom. The highest BCUT2D eigenvalue weighted by atomic mass is 32.2. The van der Waals surface area contributed by atoms with Crippen LogP contribution in [0.1, 0.15) is 45.7 Å². The number of benzene rings is 1. The van der Waals surface area contributed by atoms with Crippen molar-refractivity contribution in [3.63, 3.8) is 0 Å². The summed E-state index contributed by atoms with van der Waals surface area (Å²) in [4.78, 5) is 11.8. The van der Waals surface area contributed by atoms with Gasteiger partial charge in [-0.1, -0.05) is 19.1 Å². The summed E-state index contributed by atoms with van der Waals surface area (Å²) in [6, 6.07) is 5.86. The van der Waals surface area contributed by atoms with Gasteiger partial charge in [-0.05, 0) is 44.9 Å². The molecule has 0 saturated carbocycles. The molecule has 6 nitrogen and oxygen atoms in total. The van der Waals surface area contributed by atoms with E-state index < -0.39 is 21.7 Å². The number of ether oxygens (including phenoxy) is 1. The Balaban J connectivity index is 2.93. The highest BCUT2D eigenvalue weighted by molar-refractivity contribution is 7.89. The fourth-order valence-electron chi connectivity index (χ4n) is 1.78. The molecule has 0 aromatic heterocycles. The average molecular weight is 314 g/mol. The van der Waals surface area contributed by atoms with E-state index in [1.165, 1.54) is 12.1 Å². The molecule has 0 saturated heterocycles. The molecule has 1 aromatic carbocycles. The maximum Gasteiger partial charge on any atom is 0.408 e. The van der Waals surface area contributed by atoms with Crippen molar-refractivity contribution >= 4 is 16.1 Å². The van der Waals surface area contributed by atoms with Gasteiger partial charge in [0.05, 0.1) is 10.9 Å². The van der Waals surface area contributed by atoms with Gasteiger partial charge in [-0.15, -0.1) is 0 Å². The third-order valence-electron chi connectivity index (χ3n) is 2.69. The molecular formula is C14H22N2O4S. The summed E-state index contributed by atoms with van der Waals surface area (Å²) < 4.78 is 27.9. The van der Waals surface area contributed by atoms with Crippen LogP contribution in [0.4, 0.5) is 4.79 Å². The normalized spacial score (nSPS) is 13.6. The van der Waals surface area contributed by atoms with Crippen LogP contribution < -0.4 is 10.5 Å². The maximum atomic E-state index is 11.8. The average Bonchev–Trinajstić information content (AvgIpc) is 2.33. The molecule has 1 atom stereocenters. The van der Waals surface area contributed by atoms with E-state index in [-0.39, 0.29) is 10.9 Å². The molecule has 1 unspecified atom stereocenters. The van der Waals surface area contributed by atoms with E-state index in [9.17, 15) is 13.2 Å². The minimum absolute atomic E-state index is 0.0180. The summed E-state index contributed by atoms with van der Waals surface area (Å²) >= 11 is 0. The van der Waals surface area contributed by atoms with Gasteiger partial charge >= 0.3 is 6.09 Å². The number of alkyl carbamates (subject to hydrolysis) is 1. The fraction of sp³-hybridized carbons (Fsp3) is 0.500. The molecule has 0 spiro atoms. The van der Waals surface area contributed by atoms with Crippen LogP contribution in [0.15, 0.2) is 29.2 Å². The van der Waals surface area contributed by atoms with E-state index in [0.29, 0.717) is 12.0 Å². The fourth-order valence-corrected chi connectivity index (χ4v) is 2.35. The number of carbonyl (C=O) groups excluding carboxylic acids is 1. The van der Waals surface area contributed by atoms with Crippen molar-refractivity contribution in [3.8, 4) is 0 Å². The zero-order valence-corrected chi connectivity index (χ0v) is 13.5. The van der Waals surface area contributed by atoms with Gasteiger partial charge in [-0.3, -0.25) is 0 Å². The number of sulfonamides is 1. The summed E-state index contributed by atoms with van der Waals surface area (Å²) in [6.07, 6.45) is 0.0446. The number of nitrogens with two attached hydrogens (primary N) is 1. The molecular weight excluding hydrogens is 292 g/mol. The lowest BCUT2D eigenvalue weighted by molar-refractivity contribution is 0.0502. The molecule has 1 aromatic rings. The first kappa shape index (κ1) is 17.5. The molecule has 21 heavy (non-hydrogen) atoms. The van der Waals surface area contributed by atoms with Crippen LogP contribution in [0.25, 0.3) is 0 Å². The molecule has 7 heteroatoms. The minimum Gasteiger partial charge on any atom is -0.444 e. The molecule has 1 amide bonds. The van der Waals surface area contributed by atoms with Crippen LogP contribution in [-0.2, 0) is 14.8 Å². The summed E-state index contributed by atoms with van der Waals surface area (Å²) in [5.74, 6) is 0. The van der Waals surface area contributed by atoms with Gasteiger partial charge in [0.15, 0.2) is 0 Å². The number of carbonyl (C=O) groups is 1. The van der Waals surface area contributed by atoms with Gasteiger partial charge in [0, 0.05) is 0 Å². The molecule has 0 radical (unpaired) electrons. The molecule has 3 N–H and O–H groups in total. The summed E-state index contributed by atoms with van der Waals surface area (Å²) in [5, 5.41) is 7.83. The molecule has 0 aliphatic carbocycles. The van der Waals surface area contributed by atoms with Gasteiger partial charge in [0.1, 0.15) is 5.60 Å². The van der Waals surface area contributed by atoms with E-state index in [4.69, 9.17) is 9.88 Å². The lowest BCUT2D eigenvalue weighted by atomic mass is 10.1. The molecule has 1 rings (SSSR count). The van der Waals surface area contributed by atoms with Gasteiger partial charge < -0.3 is 10.1 Å². The second kappa shape index (κ2) is 6.44. The molecule has 0 bridgehead atoms. The predicted molar refractivity (Wildman–Crippen MR) is 80.2 cm³/mol. The van der Waals surface area contributed by atoms with E-state index in [2.05, 4.69) is 5.32 Å². The maximum absolute atomic E-state index is 11.8. The topological polar surface area (TPSA) is 98.5 Å². The smallest absolute Gasteiger partial charge is 0.408 e. The van der Waals surface area contributed by atoms with Crippen LogP contribution in [0.2, 0.25) is 0 Å². The van der Waals surface area contributed by atoms with Crippen LogP contribution in [0, 0.1) is 0 Å². The Kier molecular flexibility index (Phi) is 5.36. The van der Waals surface area contributed by atoms with Crippen LogP contribution >= 0.6 is 0 Å². The highest BCUT2D eigenvalue weighted by Crippen LogP contribution is 2.20. The molecule has 0 aliphatic rings. The van der Waals surface area contributed by atoms with Crippen LogP contribution in [0.5, 0.6) is 0 Å². The predicted octanol–water partition coefficient (Wildman–Crippen LogP) is 2.31. The van der Waals surface area contributed by atoms with Crippen molar-refractivity contribution in [3.05, 3.63) is 29.8 Å². The van der Waals surface area contributed by atoms with Crippen molar-refractivity contribution in [2.24, 2.45) is 5.14 Å². The molecule has 0 heterocycles. The first-order valence-electron chi connectivity index (χ1n) is 6.65. The Labute approximate surface area is 125 Å². The lowest BCUT2D eigenvalue weighted by Gasteiger charge is -2.23. The first-order chi connectivity index (χ1) is 9.53. The van der Waals surface area contributed by atoms with E-state index in [1.807, 2.05) is 6.92 Å². The number of hydrogen-bond donors (Lipinski definition) is 2. The SMILES string of the molecule is CCC(NC(=O)OC(C)(C)C)c1cccc(S(N)(=O)=O)c1. The third kappa shape index (κ3) is 5.73. The monoisotopic (exact) mass is 314 g/mol. The molecule has 118 valence electrons. The summed E-state index contributed by atoms with van der Waals surface area (Å²) in [7, 11) is -3.77. The summed E-state index contributed by atoms with van der Waals surface area (Å²) in [6.45, 7) is 7.20. The first-order valence-corrected chi connectivity index (χ1v) is 8.20. The van der Waals surface area contributed by atoms with Gasteiger partial charge in [-0.25, -0.2) is 18.4 Å². The highest BCUT2D eigenvalue weighted by Gasteiger charge is 2.20. The zero-order valence-electron chi connectivity index (χ0n) is 12.7. The Morgan fingerprint density at radius 1 is 1.38 bits per heavy atom. The number of primary sulfonamides is 1. The second-order valence-corrected chi connectivity index (χ2v) is 7.29. The quantitative estimate of drug-likeness (QED) is 0.891. The van der Waals surface area contributed by atoms with E-state index in [0.717, 1.165) is 0 Å². The number of nitrogens with one attached hydrogen (secondary N) is 1. The van der Waals surface area contributed by atoms with Crippen molar-refractivity contribution in [1.29, 1.82) is 0 Å². The van der Waals surface area contributed by atoms with Crippen molar-refractivity contribution in [2.75, 3.05) is 0 Å². The van der Waals surface area contributed by atoms with Gasteiger partial charge in [0.25, 0.3) is 0 Å². The molecule has 0 aliphatic heterocycles. The second-order valence-electron chi connectivity index (χ2n) is 5.72. The van der Waals surface area contributed by atoms with E-state index in [1.54, 1.807) is 32.9 Å². The van der Waals surface area contributed by atoms with Gasteiger partial charge in [0.2, 0.25) is 10.0 Å². The zero-order chi connectivity index (χ0) is 16.3. The van der Waals surface area contributed by atoms with Crippen LogP contribution in [-0.4, -0.2) is 20.1 Å². The van der Waals surface area contributed by atoms with Gasteiger partial charge in [-0.2, -0.15) is 0 Å². The van der Waals surface area contributed by atoms with Crippen molar-refractivity contribution in [2.45, 2.75) is 50.7 Å². The number of rotatable bonds is 4. The lowest BCUT2D eigenvalue weighted by Crippen LogP contribution is -2.34. The third-order valence-corrected chi connectivity index (χ3v) is 3.60. The van der Waals surface area contributed by atoms with Crippen molar-refractivity contribution < 1.29 is 17.9 Å². The number of amides is 1. The summed E-state index contributed by atoms with van der Waals surface area (Å²) in [5.41, 5.74) is 0.0695. The van der Waals surface area contributed by atoms with Crippen molar-refractivity contribution in [1.82, 2.24) is 5.32 Å². The molecule has 0 fully saturated rings.